The molecule has 2 aromatic carbocycles. The summed E-state index contributed by atoms with van der Waals surface area (Å²) in [7, 11) is 0. The molecule has 0 aromatic heterocycles. The normalized spacial score (nSPS) is 14.1. The Kier molecular flexibility index (Phi) is 6.06. The summed E-state index contributed by atoms with van der Waals surface area (Å²) in [6, 6.07) is 14.2. The van der Waals surface area contributed by atoms with E-state index in [-0.39, 0.29) is 30.6 Å². The van der Waals surface area contributed by atoms with Crippen molar-refractivity contribution in [1.29, 1.82) is 0 Å². The number of nitrogens with zero attached hydrogens (tertiary/aromatic N) is 2. The third-order valence-electron chi connectivity index (χ3n) is 4.69. The zero-order chi connectivity index (χ0) is 19.2. The maximum Gasteiger partial charge on any atom is 0.242 e. The second-order valence-corrected chi connectivity index (χ2v) is 6.79. The van der Waals surface area contributed by atoms with E-state index in [0.717, 1.165) is 13.1 Å². The first-order valence-corrected chi connectivity index (χ1v) is 9.12. The average Bonchev–Trinajstić information content (AvgIpc) is 2.66. The van der Waals surface area contributed by atoms with Crippen LogP contribution in [-0.4, -0.2) is 49.4 Å². The van der Waals surface area contributed by atoms with E-state index in [1.165, 1.54) is 23.4 Å². The summed E-state index contributed by atoms with van der Waals surface area (Å²) in [5, 5.41) is 2.63. The van der Waals surface area contributed by atoms with Crippen LogP contribution >= 0.6 is 0 Å². The average molecular weight is 369 g/mol. The maximum atomic E-state index is 13.2. The Morgan fingerprint density at radius 3 is 2.48 bits per heavy atom. The van der Waals surface area contributed by atoms with Crippen LogP contribution in [0.2, 0.25) is 0 Å². The van der Waals surface area contributed by atoms with Gasteiger partial charge in [0.05, 0.1) is 13.0 Å². The van der Waals surface area contributed by atoms with Gasteiger partial charge in [-0.1, -0.05) is 24.3 Å². The number of halogens is 1. The Bertz CT molecular complexity index is 817. The minimum Gasteiger partial charge on any atom is -0.368 e. The lowest BCUT2D eigenvalue weighted by molar-refractivity contribution is -0.133. The van der Waals surface area contributed by atoms with Gasteiger partial charge in [-0.3, -0.25) is 9.59 Å². The Balaban J connectivity index is 1.43. The molecule has 0 aliphatic carbocycles. The molecule has 1 heterocycles. The van der Waals surface area contributed by atoms with Crippen LogP contribution < -0.4 is 10.2 Å². The molecule has 2 amide bonds. The molecule has 6 heteroatoms. The van der Waals surface area contributed by atoms with Crippen LogP contribution in [0, 0.1) is 12.7 Å². The highest BCUT2D eigenvalue weighted by molar-refractivity contribution is 5.85. The summed E-state index contributed by atoms with van der Waals surface area (Å²) in [6.45, 7) is 4.84. The number of rotatable bonds is 5. The number of anilines is 1. The molecule has 0 unspecified atom stereocenters. The number of carbonyl (C=O) groups excluding carboxylic acids is 2. The third kappa shape index (κ3) is 5.29. The topological polar surface area (TPSA) is 52.6 Å². The van der Waals surface area contributed by atoms with Gasteiger partial charge in [0.25, 0.3) is 0 Å². The quantitative estimate of drug-likeness (QED) is 0.879. The van der Waals surface area contributed by atoms with Crippen molar-refractivity contribution < 1.29 is 14.0 Å². The highest BCUT2D eigenvalue weighted by Gasteiger charge is 2.21. The summed E-state index contributed by atoms with van der Waals surface area (Å²) in [5.74, 6) is -0.748. The van der Waals surface area contributed by atoms with Crippen molar-refractivity contribution in [3.63, 3.8) is 0 Å². The summed E-state index contributed by atoms with van der Waals surface area (Å²) in [4.78, 5) is 28.3. The Morgan fingerprint density at radius 2 is 1.78 bits per heavy atom. The van der Waals surface area contributed by atoms with E-state index in [2.05, 4.69) is 35.3 Å². The van der Waals surface area contributed by atoms with E-state index in [1.807, 2.05) is 6.07 Å². The Morgan fingerprint density at radius 1 is 1.04 bits per heavy atom. The molecule has 142 valence electrons. The second kappa shape index (κ2) is 8.66. The first-order valence-electron chi connectivity index (χ1n) is 9.12. The highest BCUT2D eigenvalue weighted by Crippen LogP contribution is 2.17. The van der Waals surface area contributed by atoms with Crippen LogP contribution in [0.3, 0.4) is 0 Å². The lowest BCUT2D eigenvalue weighted by Crippen LogP contribution is -2.51. The predicted molar refractivity (Wildman–Crippen MR) is 103 cm³/mol. The van der Waals surface area contributed by atoms with Gasteiger partial charge in [-0.2, -0.15) is 0 Å². The summed E-state index contributed by atoms with van der Waals surface area (Å²) in [6.07, 6.45) is 0.0617. The molecule has 2 aromatic rings. The van der Waals surface area contributed by atoms with Gasteiger partial charge in [0.1, 0.15) is 5.82 Å². The Hall–Kier alpha value is -2.89. The minimum atomic E-state index is -0.372. The number of nitrogens with one attached hydrogen (secondary N) is 1. The fraction of sp³-hybridized carbons (Fsp3) is 0.333. The SMILES string of the molecule is Cc1cccc(N2CCN(C(=O)CNC(=O)Cc3cccc(F)c3)CC2)c1. The molecule has 1 saturated heterocycles. The molecule has 0 spiro atoms. The summed E-state index contributed by atoms with van der Waals surface area (Å²) in [5.41, 5.74) is 2.98. The molecule has 0 bridgehead atoms. The number of piperazine rings is 1. The number of benzene rings is 2. The molecule has 27 heavy (non-hydrogen) atoms. The van der Waals surface area contributed by atoms with Crippen molar-refractivity contribution in [2.75, 3.05) is 37.6 Å². The number of hydrogen-bond donors (Lipinski definition) is 1. The summed E-state index contributed by atoms with van der Waals surface area (Å²) < 4.78 is 13.2. The lowest BCUT2D eigenvalue weighted by atomic mass is 10.1. The molecule has 1 aliphatic heterocycles. The Labute approximate surface area is 158 Å². The molecule has 3 rings (SSSR count). The van der Waals surface area contributed by atoms with E-state index in [1.54, 1.807) is 17.0 Å². The van der Waals surface area contributed by atoms with Crippen molar-refractivity contribution >= 4 is 17.5 Å². The fourth-order valence-corrected chi connectivity index (χ4v) is 3.22. The van der Waals surface area contributed by atoms with Gasteiger partial charge in [0, 0.05) is 31.9 Å². The van der Waals surface area contributed by atoms with Crippen molar-refractivity contribution in [2.45, 2.75) is 13.3 Å². The molecule has 5 nitrogen and oxygen atoms in total. The first kappa shape index (κ1) is 18.9. The second-order valence-electron chi connectivity index (χ2n) is 6.79. The van der Waals surface area contributed by atoms with Gasteiger partial charge < -0.3 is 15.1 Å². The van der Waals surface area contributed by atoms with Crippen LogP contribution in [0.25, 0.3) is 0 Å². The van der Waals surface area contributed by atoms with Crippen molar-refractivity contribution in [3.05, 3.63) is 65.5 Å². The zero-order valence-electron chi connectivity index (χ0n) is 15.5. The van der Waals surface area contributed by atoms with E-state index >= 15 is 0 Å². The lowest BCUT2D eigenvalue weighted by Gasteiger charge is -2.36. The molecular formula is C21H24FN3O2. The molecule has 1 N–H and O–H groups in total. The van der Waals surface area contributed by atoms with Crippen LogP contribution in [0.5, 0.6) is 0 Å². The van der Waals surface area contributed by atoms with Crippen LogP contribution in [0.15, 0.2) is 48.5 Å². The van der Waals surface area contributed by atoms with Gasteiger partial charge in [-0.25, -0.2) is 4.39 Å². The van der Waals surface area contributed by atoms with Crippen LogP contribution in [0.4, 0.5) is 10.1 Å². The van der Waals surface area contributed by atoms with Crippen molar-refractivity contribution in [1.82, 2.24) is 10.2 Å². The molecule has 0 saturated carbocycles. The number of carbonyl (C=O) groups is 2. The third-order valence-corrected chi connectivity index (χ3v) is 4.69. The maximum absolute atomic E-state index is 13.2. The largest absolute Gasteiger partial charge is 0.368 e. The predicted octanol–water partition coefficient (Wildman–Crippen LogP) is 2.14. The number of hydrogen-bond acceptors (Lipinski definition) is 3. The van der Waals surface area contributed by atoms with Crippen LogP contribution in [-0.2, 0) is 16.0 Å². The highest BCUT2D eigenvalue weighted by atomic mass is 19.1. The molecule has 0 radical (unpaired) electrons. The van der Waals surface area contributed by atoms with Crippen molar-refractivity contribution in [2.24, 2.45) is 0 Å². The minimum absolute atomic E-state index is 0.0292. The molecular weight excluding hydrogens is 345 g/mol. The monoisotopic (exact) mass is 369 g/mol. The number of aryl methyl sites for hydroxylation is 1. The van der Waals surface area contributed by atoms with Gasteiger partial charge in [-0.15, -0.1) is 0 Å². The standard InChI is InChI=1S/C21H24FN3O2/c1-16-4-2-7-19(12-16)24-8-10-25(11-9-24)21(27)15-23-20(26)14-17-5-3-6-18(22)13-17/h2-7,12-13H,8-11,14-15H2,1H3,(H,23,26). The van der Waals surface area contributed by atoms with Gasteiger partial charge in [0.2, 0.25) is 11.8 Å². The smallest absolute Gasteiger partial charge is 0.242 e. The van der Waals surface area contributed by atoms with E-state index < -0.39 is 0 Å². The molecule has 1 fully saturated rings. The zero-order valence-corrected chi connectivity index (χ0v) is 15.5. The molecule has 0 atom stereocenters. The summed E-state index contributed by atoms with van der Waals surface area (Å²) >= 11 is 0. The molecule has 1 aliphatic rings. The first-order chi connectivity index (χ1) is 13.0. The fourth-order valence-electron chi connectivity index (χ4n) is 3.22. The van der Waals surface area contributed by atoms with Crippen molar-refractivity contribution in [3.8, 4) is 0 Å². The van der Waals surface area contributed by atoms with Gasteiger partial charge in [0.15, 0.2) is 0 Å². The van der Waals surface area contributed by atoms with Crippen LogP contribution in [0.1, 0.15) is 11.1 Å². The van der Waals surface area contributed by atoms with E-state index in [4.69, 9.17) is 0 Å². The van der Waals surface area contributed by atoms with E-state index in [0.29, 0.717) is 18.7 Å². The van der Waals surface area contributed by atoms with E-state index in [9.17, 15) is 14.0 Å². The van der Waals surface area contributed by atoms with Gasteiger partial charge >= 0.3 is 0 Å². The van der Waals surface area contributed by atoms with Gasteiger partial charge in [-0.05, 0) is 42.3 Å². The number of amides is 2.